The monoisotopic (exact) mass is 292 g/mol. The van der Waals surface area contributed by atoms with E-state index in [0.717, 1.165) is 0 Å². The molecular weight excluding hydrogens is 280 g/mol. The third kappa shape index (κ3) is 2.91. The van der Waals surface area contributed by atoms with Gasteiger partial charge < -0.3 is 15.2 Å². The summed E-state index contributed by atoms with van der Waals surface area (Å²) < 4.78 is 6.30. The van der Waals surface area contributed by atoms with E-state index in [9.17, 15) is 14.9 Å². The van der Waals surface area contributed by atoms with E-state index in [2.05, 4.69) is 10.4 Å². The van der Waals surface area contributed by atoms with E-state index in [1.54, 1.807) is 7.05 Å². The van der Waals surface area contributed by atoms with E-state index < -0.39 is 10.9 Å². The summed E-state index contributed by atoms with van der Waals surface area (Å²) in [7, 11) is 2.90. The summed E-state index contributed by atoms with van der Waals surface area (Å²) in [6, 6.07) is 4.25. The predicted molar refractivity (Wildman–Crippen MR) is 73.1 cm³/mol. The topological polar surface area (TPSA) is 120 Å². The normalized spacial score (nSPS) is 10.2. The van der Waals surface area contributed by atoms with Crippen molar-refractivity contribution in [1.82, 2.24) is 9.78 Å². The van der Waals surface area contributed by atoms with Crippen LogP contribution in [-0.2, 0) is 7.05 Å². The Morgan fingerprint density at radius 3 is 2.81 bits per heavy atom. The van der Waals surface area contributed by atoms with Crippen LogP contribution in [0.1, 0.15) is 10.4 Å². The van der Waals surface area contributed by atoms with Gasteiger partial charge in [0, 0.05) is 18.8 Å². The first-order valence-electron chi connectivity index (χ1n) is 5.78. The van der Waals surface area contributed by atoms with Crippen molar-refractivity contribution in [3.8, 4) is 5.75 Å². The minimum absolute atomic E-state index is 0.00132. The number of hydrogen-bond donors (Lipinski definition) is 2. The molecule has 2 rings (SSSR count). The zero-order valence-corrected chi connectivity index (χ0v) is 11.2. The third-order valence-corrected chi connectivity index (χ3v) is 2.70. The number of benzene rings is 1. The number of aromatic carboxylic acids is 1. The van der Waals surface area contributed by atoms with Crippen LogP contribution < -0.4 is 10.1 Å². The summed E-state index contributed by atoms with van der Waals surface area (Å²) in [6.45, 7) is 0. The van der Waals surface area contributed by atoms with Gasteiger partial charge in [0.1, 0.15) is 17.5 Å². The molecule has 0 saturated carbocycles. The van der Waals surface area contributed by atoms with E-state index in [4.69, 9.17) is 9.84 Å². The molecule has 2 aromatic rings. The number of nitro groups is 1. The number of methoxy groups -OCH3 is 1. The standard InChI is InChI=1S/C12H12N4O5/c1-15-6-9(16(19)20)11(14-15)13-7-3-4-8(12(17)18)10(5-7)21-2/h3-6H,1-2H3,(H,13,14)(H,17,18). The van der Waals surface area contributed by atoms with E-state index in [0.29, 0.717) is 5.69 Å². The molecule has 9 nitrogen and oxygen atoms in total. The maximum absolute atomic E-state index is 11.0. The Bertz CT molecular complexity index is 710. The van der Waals surface area contributed by atoms with Crippen LogP contribution in [0, 0.1) is 10.1 Å². The van der Waals surface area contributed by atoms with Crippen LogP contribution >= 0.6 is 0 Å². The van der Waals surface area contributed by atoms with Gasteiger partial charge in [0.15, 0.2) is 0 Å². The van der Waals surface area contributed by atoms with Gasteiger partial charge in [0.05, 0.1) is 12.0 Å². The van der Waals surface area contributed by atoms with Crippen LogP contribution in [0.3, 0.4) is 0 Å². The van der Waals surface area contributed by atoms with Gasteiger partial charge in [-0.05, 0) is 12.1 Å². The number of aryl methyl sites for hydroxylation is 1. The average molecular weight is 292 g/mol. The molecule has 9 heteroatoms. The Labute approximate surface area is 118 Å². The lowest BCUT2D eigenvalue weighted by molar-refractivity contribution is -0.384. The number of carboxylic acids is 1. The molecule has 0 amide bonds. The van der Waals surface area contributed by atoms with Crippen LogP contribution in [0.2, 0.25) is 0 Å². The maximum atomic E-state index is 11.0. The fourth-order valence-electron chi connectivity index (χ4n) is 1.78. The summed E-state index contributed by atoms with van der Waals surface area (Å²) in [5, 5.41) is 26.6. The van der Waals surface area contributed by atoms with Crippen LogP contribution in [0.25, 0.3) is 0 Å². The molecular formula is C12H12N4O5. The predicted octanol–water partition coefficient (Wildman–Crippen LogP) is 1.78. The molecule has 0 unspecified atom stereocenters. The second-order valence-electron chi connectivity index (χ2n) is 4.14. The number of nitrogens with zero attached hydrogens (tertiary/aromatic N) is 3. The maximum Gasteiger partial charge on any atom is 0.339 e. The summed E-state index contributed by atoms with van der Waals surface area (Å²) in [5.41, 5.74) is 0.246. The van der Waals surface area contributed by atoms with Crippen molar-refractivity contribution < 1.29 is 19.6 Å². The highest BCUT2D eigenvalue weighted by molar-refractivity contribution is 5.91. The van der Waals surface area contributed by atoms with Gasteiger partial charge in [-0.2, -0.15) is 0 Å². The van der Waals surface area contributed by atoms with Crippen LogP contribution in [-0.4, -0.2) is 32.9 Å². The minimum Gasteiger partial charge on any atom is -0.496 e. The Morgan fingerprint density at radius 2 is 2.24 bits per heavy atom. The molecule has 0 aliphatic carbocycles. The van der Waals surface area contributed by atoms with Gasteiger partial charge in [-0.3, -0.25) is 14.8 Å². The lowest BCUT2D eigenvalue weighted by Gasteiger charge is -2.08. The van der Waals surface area contributed by atoms with E-state index in [-0.39, 0.29) is 22.8 Å². The number of hydrogen-bond acceptors (Lipinski definition) is 6. The summed E-state index contributed by atoms with van der Waals surface area (Å²) >= 11 is 0. The van der Waals surface area contributed by atoms with Crippen molar-refractivity contribution in [2.75, 3.05) is 12.4 Å². The SMILES string of the molecule is COc1cc(Nc2nn(C)cc2[N+](=O)[O-])ccc1C(=O)O. The lowest BCUT2D eigenvalue weighted by atomic mass is 10.2. The molecule has 1 aromatic carbocycles. The van der Waals surface area contributed by atoms with Crippen molar-refractivity contribution in [2.45, 2.75) is 0 Å². The first-order valence-corrected chi connectivity index (χ1v) is 5.78. The highest BCUT2D eigenvalue weighted by Crippen LogP contribution is 2.29. The minimum atomic E-state index is -1.12. The zero-order valence-electron chi connectivity index (χ0n) is 11.2. The number of aromatic nitrogens is 2. The Kier molecular flexibility index (Phi) is 3.74. The van der Waals surface area contributed by atoms with Crippen molar-refractivity contribution in [3.05, 3.63) is 40.1 Å². The second-order valence-corrected chi connectivity index (χ2v) is 4.14. The molecule has 0 aliphatic heterocycles. The highest BCUT2D eigenvalue weighted by Gasteiger charge is 2.19. The Balaban J connectivity index is 2.36. The largest absolute Gasteiger partial charge is 0.496 e. The number of carbonyl (C=O) groups is 1. The van der Waals surface area contributed by atoms with E-state index in [1.165, 1.54) is 36.2 Å². The molecule has 0 atom stereocenters. The lowest BCUT2D eigenvalue weighted by Crippen LogP contribution is -2.02. The van der Waals surface area contributed by atoms with Gasteiger partial charge in [0.25, 0.3) is 0 Å². The van der Waals surface area contributed by atoms with Gasteiger partial charge in [-0.15, -0.1) is 5.10 Å². The van der Waals surface area contributed by atoms with Gasteiger partial charge in [-0.1, -0.05) is 0 Å². The number of nitrogens with one attached hydrogen (secondary N) is 1. The van der Waals surface area contributed by atoms with Gasteiger partial charge in [0.2, 0.25) is 5.82 Å². The van der Waals surface area contributed by atoms with Crippen molar-refractivity contribution in [2.24, 2.45) is 7.05 Å². The van der Waals surface area contributed by atoms with Crippen LogP contribution in [0.4, 0.5) is 17.2 Å². The molecule has 2 N–H and O–H groups in total. The molecule has 21 heavy (non-hydrogen) atoms. The summed E-state index contributed by atoms with van der Waals surface area (Å²) in [6.07, 6.45) is 1.27. The first-order chi connectivity index (χ1) is 9.92. The smallest absolute Gasteiger partial charge is 0.339 e. The quantitative estimate of drug-likeness (QED) is 0.636. The van der Waals surface area contributed by atoms with Crippen molar-refractivity contribution in [3.63, 3.8) is 0 Å². The third-order valence-electron chi connectivity index (χ3n) is 2.70. The summed E-state index contributed by atoms with van der Waals surface area (Å²) in [4.78, 5) is 21.3. The molecule has 0 fully saturated rings. The fraction of sp³-hybridized carbons (Fsp3) is 0.167. The van der Waals surface area contributed by atoms with Gasteiger partial charge in [-0.25, -0.2) is 4.79 Å². The molecule has 0 aliphatic rings. The van der Waals surface area contributed by atoms with Crippen molar-refractivity contribution >= 4 is 23.2 Å². The van der Waals surface area contributed by atoms with Crippen LogP contribution in [0.5, 0.6) is 5.75 Å². The molecule has 1 heterocycles. The number of carboxylic acid groups (broad SMARTS) is 1. The van der Waals surface area contributed by atoms with E-state index >= 15 is 0 Å². The van der Waals surface area contributed by atoms with Crippen molar-refractivity contribution in [1.29, 1.82) is 0 Å². The molecule has 0 spiro atoms. The number of anilines is 2. The van der Waals surface area contributed by atoms with Gasteiger partial charge >= 0.3 is 11.7 Å². The molecule has 0 radical (unpaired) electrons. The van der Waals surface area contributed by atoms with Crippen LogP contribution in [0.15, 0.2) is 24.4 Å². The Morgan fingerprint density at radius 1 is 1.52 bits per heavy atom. The Hall–Kier alpha value is -3.10. The zero-order chi connectivity index (χ0) is 15.6. The number of rotatable bonds is 5. The fourth-order valence-corrected chi connectivity index (χ4v) is 1.78. The molecule has 0 saturated heterocycles. The average Bonchev–Trinajstić information content (AvgIpc) is 2.79. The first kappa shape index (κ1) is 14.3. The highest BCUT2D eigenvalue weighted by atomic mass is 16.6. The number of ether oxygens (including phenoxy) is 1. The van der Waals surface area contributed by atoms with E-state index in [1.807, 2.05) is 0 Å². The summed E-state index contributed by atoms with van der Waals surface area (Å²) in [5.74, 6) is -0.916. The molecule has 0 bridgehead atoms. The molecule has 1 aromatic heterocycles. The second kappa shape index (κ2) is 5.49. The molecule has 110 valence electrons.